The molecule has 152 valence electrons. The third kappa shape index (κ3) is 7.23. The van der Waals surface area contributed by atoms with Gasteiger partial charge in [-0.2, -0.15) is 0 Å². The van der Waals surface area contributed by atoms with E-state index >= 15 is 0 Å². The SMILES string of the molecule is O=C(O)CCC/C=C\CN1C(=O)CCC[C@@H]1/C=C/C(O)Cc1ccncc1F. The van der Waals surface area contributed by atoms with Gasteiger partial charge in [-0.15, -0.1) is 0 Å². The lowest BCUT2D eigenvalue weighted by molar-refractivity contribution is -0.137. The van der Waals surface area contributed by atoms with Gasteiger partial charge in [-0.3, -0.25) is 14.6 Å². The highest BCUT2D eigenvalue weighted by atomic mass is 19.1. The van der Waals surface area contributed by atoms with Gasteiger partial charge < -0.3 is 15.1 Å². The average molecular weight is 390 g/mol. The van der Waals surface area contributed by atoms with Gasteiger partial charge in [-0.05, 0) is 37.3 Å². The number of likely N-dealkylation sites (tertiary alicyclic amines) is 1. The molecule has 1 aliphatic heterocycles. The summed E-state index contributed by atoms with van der Waals surface area (Å²) in [5, 5.41) is 18.8. The molecule has 1 fully saturated rings. The monoisotopic (exact) mass is 390 g/mol. The second-order valence-corrected chi connectivity index (χ2v) is 6.89. The third-order valence-corrected chi connectivity index (χ3v) is 4.68. The first-order valence-electron chi connectivity index (χ1n) is 9.58. The van der Waals surface area contributed by atoms with E-state index in [9.17, 15) is 19.1 Å². The zero-order valence-corrected chi connectivity index (χ0v) is 15.8. The Kier molecular flexibility index (Phi) is 8.81. The minimum Gasteiger partial charge on any atom is -0.481 e. The number of piperidine rings is 1. The van der Waals surface area contributed by atoms with Gasteiger partial charge in [0, 0.05) is 32.0 Å². The van der Waals surface area contributed by atoms with E-state index in [0.29, 0.717) is 31.4 Å². The molecule has 2 N–H and O–H groups in total. The number of halogens is 1. The number of carbonyl (C=O) groups is 2. The van der Waals surface area contributed by atoms with E-state index in [4.69, 9.17) is 5.11 Å². The Morgan fingerprint density at radius 1 is 1.43 bits per heavy atom. The molecule has 1 unspecified atom stereocenters. The van der Waals surface area contributed by atoms with Crippen LogP contribution in [0.15, 0.2) is 42.8 Å². The predicted octanol–water partition coefficient (Wildman–Crippen LogP) is 2.87. The third-order valence-electron chi connectivity index (χ3n) is 4.68. The summed E-state index contributed by atoms with van der Waals surface area (Å²) in [4.78, 5) is 28.2. The Balaban J connectivity index is 1.88. The van der Waals surface area contributed by atoms with Crippen molar-refractivity contribution in [1.29, 1.82) is 0 Å². The molecule has 0 aromatic carbocycles. The molecule has 0 spiro atoms. The number of aliphatic hydroxyl groups is 1. The lowest BCUT2D eigenvalue weighted by Crippen LogP contribution is -2.42. The Labute approximate surface area is 164 Å². The molecule has 28 heavy (non-hydrogen) atoms. The van der Waals surface area contributed by atoms with Gasteiger partial charge in [0.2, 0.25) is 5.91 Å². The second-order valence-electron chi connectivity index (χ2n) is 6.89. The Hall–Kier alpha value is -2.54. The summed E-state index contributed by atoms with van der Waals surface area (Å²) in [6, 6.07) is 1.43. The van der Waals surface area contributed by atoms with Crippen LogP contribution < -0.4 is 0 Å². The minimum atomic E-state index is -0.845. The van der Waals surface area contributed by atoms with Crippen molar-refractivity contribution in [1.82, 2.24) is 9.88 Å². The van der Waals surface area contributed by atoms with Crippen LogP contribution in [-0.2, 0) is 16.0 Å². The molecular weight excluding hydrogens is 363 g/mol. The fourth-order valence-electron chi connectivity index (χ4n) is 3.18. The summed E-state index contributed by atoms with van der Waals surface area (Å²) >= 11 is 0. The summed E-state index contributed by atoms with van der Waals surface area (Å²) in [6.45, 7) is 0.454. The van der Waals surface area contributed by atoms with Crippen molar-refractivity contribution in [3.8, 4) is 0 Å². The van der Waals surface area contributed by atoms with Gasteiger partial charge in [-0.25, -0.2) is 4.39 Å². The fourth-order valence-corrected chi connectivity index (χ4v) is 3.18. The zero-order valence-electron chi connectivity index (χ0n) is 15.8. The highest BCUT2D eigenvalue weighted by Gasteiger charge is 2.25. The van der Waals surface area contributed by atoms with Crippen molar-refractivity contribution < 1.29 is 24.2 Å². The number of hydrogen-bond acceptors (Lipinski definition) is 4. The minimum absolute atomic E-state index is 0.0609. The van der Waals surface area contributed by atoms with Crippen LogP contribution in [0.25, 0.3) is 0 Å². The van der Waals surface area contributed by atoms with Gasteiger partial charge in [0.1, 0.15) is 5.82 Å². The van der Waals surface area contributed by atoms with Gasteiger partial charge in [0.25, 0.3) is 0 Å². The van der Waals surface area contributed by atoms with Crippen molar-refractivity contribution >= 4 is 11.9 Å². The van der Waals surface area contributed by atoms with Crippen LogP contribution >= 0.6 is 0 Å². The van der Waals surface area contributed by atoms with E-state index in [1.54, 1.807) is 11.0 Å². The number of aliphatic hydroxyl groups excluding tert-OH is 1. The number of amides is 1. The van der Waals surface area contributed by atoms with Crippen LogP contribution in [0.3, 0.4) is 0 Å². The molecule has 1 amide bonds. The van der Waals surface area contributed by atoms with Gasteiger partial charge in [-0.1, -0.05) is 24.3 Å². The van der Waals surface area contributed by atoms with Crippen molar-refractivity contribution in [2.24, 2.45) is 0 Å². The number of nitrogens with zero attached hydrogens (tertiary/aromatic N) is 2. The van der Waals surface area contributed by atoms with Gasteiger partial charge in [0.15, 0.2) is 0 Å². The van der Waals surface area contributed by atoms with E-state index in [1.807, 2.05) is 18.2 Å². The average Bonchev–Trinajstić information content (AvgIpc) is 2.66. The van der Waals surface area contributed by atoms with E-state index in [0.717, 1.165) is 19.0 Å². The summed E-state index contributed by atoms with van der Waals surface area (Å²) < 4.78 is 13.6. The van der Waals surface area contributed by atoms with Gasteiger partial charge in [0.05, 0.1) is 18.3 Å². The first kappa shape index (κ1) is 21.8. The molecule has 2 atom stereocenters. The molecule has 0 saturated carbocycles. The standard InChI is InChI=1S/C21H27FN2O4/c22-19-15-23-12-11-16(19)14-18(25)10-9-17-6-5-7-20(26)24(17)13-4-2-1-3-8-21(27)28/h2,4,9-12,15,17-18,25H,1,3,5-8,13-14H2,(H,27,28)/b4-2-,10-9+/t17-,18?/m1/s1. The second kappa shape index (κ2) is 11.3. The molecule has 1 saturated heterocycles. The van der Waals surface area contributed by atoms with Crippen LogP contribution in [0.5, 0.6) is 0 Å². The smallest absolute Gasteiger partial charge is 0.303 e. The zero-order chi connectivity index (χ0) is 20.4. The number of carboxylic acids is 1. The Morgan fingerprint density at radius 3 is 3.00 bits per heavy atom. The molecule has 1 aromatic heterocycles. The number of carboxylic acid groups (broad SMARTS) is 1. The predicted molar refractivity (Wildman–Crippen MR) is 103 cm³/mol. The molecule has 0 bridgehead atoms. The quantitative estimate of drug-likeness (QED) is 0.474. The highest BCUT2D eigenvalue weighted by molar-refractivity contribution is 5.77. The summed E-state index contributed by atoms with van der Waals surface area (Å²) in [5.41, 5.74) is 0.396. The number of aliphatic carboxylic acids is 1. The van der Waals surface area contributed by atoms with Gasteiger partial charge >= 0.3 is 5.97 Å². The first-order valence-corrected chi connectivity index (χ1v) is 9.58. The molecule has 6 nitrogen and oxygen atoms in total. The number of rotatable bonds is 10. The largest absolute Gasteiger partial charge is 0.481 e. The number of allylic oxidation sites excluding steroid dienone is 1. The lowest BCUT2D eigenvalue weighted by Gasteiger charge is -2.33. The Bertz CT molecular complexity index is 720. The topological polar surface area (TPSA) is 90.7 Å². The number of hydrogen-bond donors (Lipinski definition) is 2. The van der Waals surface area contributed by atoms with E-state index < -0.39 is 17.9 Å². The van der Waals surface area contributed by atoms with Crippen LogP contribution in [0, 0.1) is 5.82 Å². The molecule has 1 aliphatic rings. The van der Waals surface area contributed by atoms with E-state index in [-0.39, 0.29) is 24.8 Å². The van der Waals surface area contributed by atoms with Crippen molar-refractivity contribution in [3.05, 3.63) is 54.1 Å². The van der Waals surface area contributed by atoms with E-state index in [2.05, 4.69) is 4.98 Å². The summed E-state index contributed by atoms with van der Waals surface area (Å²) in [6.07, 6.45) is 12.6. The maximum Gasteiger partial charge on any atom is 0.303 e. The number of unbranched alkanes of at least 4 members (excludes halogenated alkanes) is 1. The van der Waals surface area contributed by atoms with Crippen LogP contribution in [0.1, 0.15) is 44.1 Å². The molecular formula is C21H27FN2O4. The van der Waals surface area contributed by atoms with Crippen LogP contribution in [0.2, 0.25) is 0 Å². The normalized spacial score (nSPS) is 18.9. The van der Waals surface area contributed by atoms with Crippen LogP contribution in [-0.4, -0.2) is 50.7 Å². The van der Waals surface area contributed by atoms with E-state index in [1.165, 1.54) is 12.3 Å². The van der Waals surface area contributed by atoms with Crippen molar-refractivity contribution in [2.75, 3.05) is 6.54 Å². The molecule has 0 radical (unpaired) electrons. The fraction of sp³-hybridized carbons (Fsp3) is 0.476. The first-order chi connectivity index (χ1) is 13.5. The van der Waals surface area contributed by atoms with Crippen molar-refractivity contribution in [2.45, 2.75) is 57.1 Å². The maximum atomic E-state index is 13.6. The maximum absolute atomic E-state index is 13.6. The molecule has 7 heteroatoms. The molecule has 0 aliphatic carbocycles. The number of pyridine rings is 1. The summed E-state index contributed by atoms with van der Waals surface area (Å²) in [7, 11) is 0. The molecule has 2 rings (SSSR count). The molecule has 1 aromatic rings. The Morgan fingerprint density at radius 2 is 2.25 bits per heavy atom. The van der Waals surface area contributed by atoms with Crippen LogP contribution in [0.4, 0.5) is 4.39 Å². The lowest BCUT2D eigenvalue weighted by atomic mass is 9.99. The number of aromatic nitrogens is 1. The number of carbonyl (C=O) groups excluding carboxylic acids is 1. The molecule has 2 heterocycles. The van der Waals surface area contributed by atoms with Crippen molar-refractivity contribution in [3.63, 3.8) is 0 Å². The highest BCUT2D eigenvalue weighted by Crippen LogP contribution is 2.20. The summed E-state index contributed by atoms with van der Waals surface area (Å²) in [5.74, 6) is -1.20.